The maximum Gasteiger partial charge on any atom is 0.127 e. The van der Waals surface area contributed by atoms with Crippen molar-refractivity contribution in [2.45, 2.75) is 32.6 Å². The molecule has 68 valence electrons. The van der Waals surface area contributed by atoms with Crippen LogP contribution in [0.5, 0.6) is 0 Å². The second-order valence-electron chi connectivity index (χ2n) is 4.26. The van der Waals surface area contributed by atoms with E-state index in [1.54, 1.807) is 0 Å². The predicted molar refractivity (Wildman–Crippen MR) is 58.9 cm³/mol. The monoisotopic (exact) mass is 165 g/mol. The molecular formula is C10H20BN. The first-order chi connectivity index (χ1) is 5.37. The summed E-state index contributed by atoms with van der Waals surface area (Å²) in [5, 5.41) is 0. The third kappa shape index (κ3) is 5.19. The number of hydrogen-bond acceptors (Lipinski definition) is 1. The second-order valence-corrected chi connectivity index (χ2v) is 4.26. The number of hydrogen-bond donors (Lipinski definition) is 1. The predicted octanol–water partition coefficient (Wildman–Crippen LogP) is 1.45. The molecule has 0 saturated carbocycles. The highest BCUT2D eigenvalue weighted by Crippen LogP contribution is 2.13. The summed E-state index contributed by atoms with van der Waals surface area (Å²) in [6, 6.07) is 0. The highest BCUT2D eigenvalue weighted by atomic mass is 14.7. The minimum atomic E-state index is -0.108. The molecule has 2 heteroatoms. The first-order valence-electron chi connectivity index (χ1n) is 4.48. The molecule has 0 aliphatic carbocycles. The van der Waals surface area contributed by atoms with E-state index in [1.807, 2.05) is 20.8 Å². The van der Waals surface area contributed by atoms with E-state index in [0.717, 1.165) is 6.42 Å². The molecule has 0 aromatic rings. The van der Waals surface area contributed by atoms with E-state index in [9.17, 15) is 0 Å². The van der Waals surface area contributed by atoms with Gasteiger partial charge in [-0.25, -0.2) is 0 Å². The van der Waals surface area contributed by atoms with E-state index in [1.165, 1.54) is 5.57 Å². The van der Waals surface area contributed by atoms with Crippen molar-refractivity contribution in [3.63, 3.8) is 0 Å². The maximum atomic E-state index is 5.86. The Morgan fingerprint density at radius 2 is 2.17 bits per heavy atom. The van der Waals surface area contributed by atoms with E-state index in [-0.39, 0.29) is 5.44 Å². The molecule has 0 rings (SSSR count). The molecule has 1 unspecified atom stereocenters. The average molecular weight is 165 g/mol. The van der Waals surface area contributed by atoms with Gasteiger partial charge in [-0.3, -0.25) is 0 Å². The van der Waals surface area contributed by atoms with Gasteiger partial charge in [0, 0.05) is 0 Å². The molecule has 1 nitrogen and oxygen atoms in total. The largest absolute Gasteiger partial charge is 0.332 e. The summed E-state index contributed by atoms with van der Waals surface area (Å²) in [4.78, 5) is 0. The molecular weight excluding hydrogens is 145 g/mol. The molecule has 12 heavy (non-hydrogen) atoms. The Labute approximate surface area is 77.1 Å². The van der Waals surface area contributed by atoms with Crippen LogP contribution in [0.2, 0.25) is 0 Å². The quantitative estimate of drug-likeness (QED) is 0.495. The number of rotatable bonds is 4. The Morgan fingerprint density at radius 1 is 1.67 bits per heavy atom. The van der Waals surface area contributed by atoms with Gasteiger partial charge in [0.2, 0.25) is 0 Å². The van der Waals surface area contributed by atoms with Crippen LogP contribution in [0.4, 0.5) is 0 Å². The number of allylic oxidation sites excluding steroid dienone is 2. The van der Waals surface area contributed by atoms with Crippen molar-refractivity contribution < 1.29 is 0 Å². The Bertz CT molecular complexity index is 175. The van der Waals surface area contributed by atoms with Gasteiger partial charge < -0.3 is 5.73 Å². The lowest BCUT2D eigenvalue weighted by Gasteiger charge is -2.17. The molecule has 0 fully saturated rings. The molecule has 0 radical (unpaired) electrons. The summed E-state index contributed by atoms with van der Waals surface area (Å²) in [5.41, 5.74) is 7.04. The lowest BCUT2D eigenvalue weighted by Crippen LogP contribution is -2.35. The van der Waals surface area contributed by atoms with Crippen molar-refractivity contribution in [2.75, 3.05) is 0 Å². The SMILES string of the molecule is BC(C)(N)C/C=C(\C=C)C(C)C. The normalized spacial score (nSPS) is 17.6. The minimum absolute atomic E-state index is 0.108. The van der Waals surface area contributed by atoms with Gasteiger partial charge in [-0.2, -0.15) is 0 Å². The smallest absolute Gasteiger partial charge is 0.127 e. The zero-order valence-electron chi connectivity index (χ0n) is 8.72. The third-order valence-corrected chi connectivity index (χ3v) is 1.77. The van der Waals surface area contributed by atoms with Crippen molar-refractivity contribution in [1.29, 1.82) is 0 Å². The molecule has 0 heterocycles. The lowest BCUT2D eigenvalue weighted by atomic mass is 9.77. The van der Waals surface area contributed by atoms with Crippen LogP contribution < -0.4 is 5.73 Å². The minimum Gasteiger partial charge on any atom is -0.332 e. The standard InChI is InChI=1S/C10H20BN/c1-5-9(8(2)3)6-7-10(4,11)12/h5-6,8H,1,7,11-12H2,2-4H3/b9-6+. The van der Waals surface area contributed by atoms with E-state index >= 15 is 0 Å². The highest BCUT2D eigenvalue weighted by Gasteiger charge is 2.08. The highest BCUT2D eigenvalue weighted by molar-refractivity contribution is 6.14. The fraction of sp³-hybridized carbons (Fsp3) is 0.600. The van der Waals surface area contributed by atoms with Crippen LogP contribution in [-0.2, 0) is 0 Å². The van der Waals surface area contributed by atoms with Crippen LogP contribution in [0.1, 0.15) is 27.2 Å². The Hall–Kier alpha value is -0.495. The summed E-state index contributed by atoms with van der Waals surface area (Å²) in [7, 11) is 2.03. The molecule has 0 amide bonds. The van der Waals surface area contributed by atoms with E-state index < -0.39 is 0 Å². The third-order valence-electron chi connectivity index (χ3n) is 1.77. The zero-order valence-corrected chi connectivity index (χ0v) is 8.72. The summed E-state index contributed by atoms with van der Waals surface area (Å²) in [5.74, 6) is 0.546. The van der Waals surface area contributed by atoms with Crippen LogP contribution in [0, 0.1) is 5.92 Å². The number of nitrogens with two attached hydrogens (primary N) is 1. The Balaban J connectivity index is 4.22. The molecule has 0 aliphatic heterocycles. The summed E-state index contributed by atoms with van der Waals surface area (Å²) in [6.45, 7) is 10.1. The van der Waals surface area contributed by atoms with Crippen LogP contribution in [0.3, 0.4) is 0 Å². The fourth-order valence-electron chi connectivity index (χ4n) is 0.936. The van der Waals surface area contributed by atoms with Crippen molar-refractivity contribution in [3.8, 4) is 0 Å². The van der Waals surface area contributed by atoms with Gasteiger partial charge in [0.25, 0.3) is 0 Å². The second kappa shape index (κ2) is 4.51. The van der Waals surface area contributed by atoms with E-state index in [2.05, 4.69) is 26.5 Å². The molecule has 1 atom stereocenters. The van der Waals surface area contributed by atoms with E-state index in [4.69, 9.17) is 5.73 Å². The van der Waals surface area contributed by atoms with Gasteiger partial charge in [0.15, 0.2) is 0 Å². The van der Waals surface area contributed by atoms with Crippen LogP contribution >= 0.6 is 0 Å². The Morgan fingerprint density at radius 3 is 2.42 bits per heavy atom. The molecule has 0 bridgehead atoms. The zero-order chi connectivity index (χ0) is 9.78. The fourth-order valence-corrected chi connectivity index (χ4v) is 0.936. The van der Waals surface area contributed by atoms with Crippen LogP contribution in [-0.4, -0.2) is 13.3 Å². The van der Waals surface area contributed by atoms with Gasteiger partial charge in [0.05, 0.1) is 0 Å². The first-order valence-corrected chi connectivity index (χ1v) is 4.48. The Kier molecular flexibility index (Phi) is 4.32. The van der Waals surface area contributed by atoms with Gasteiger partial charge in [-0.05, 0) is 17.8 Å². The molecule has 2 N–H and O–H groups in total. The van der Waals surface area contributed by atoms with Crippen molar-refractivity contribution >= 4 is 7.85 Å². The lowest BCUT2D eigenvalue weighted by molar-refractivity contribution is 0.663. The first kappa shape index (κ1) is 11.5. The van der Waals surface area contributed by atoms with Crippen LogP contribution in [0.15, 0.2) is 24.3 Å². The van der Waals surface area contributed by atoms with Gasteiger partial charge in [-0.1, -0.05) is 45.1 Å². The molecule has 0 aromatic heterocycles. The van der Waals surface area contributed by atoms with Crippen molar-refractivity contribution in [2.24, 2.45) is 11.7 Å². The van der Waals surface area contributed by atoms with Gasteiger partial charge in [0.1, 0.15) is 7.85 Å². The van der Waals surface area contributed by atoms with Gasteiger partial charge >= 0.3 is 0 Å². The van der Waals surface area contributed by atoms with E-state index in [0.29, 0.717) is 5.92 Å². The van der Waals surface area contributed by atoms with Gasteiger partial charge in [-0.15, -0.1) is 0 Å². The molecule has 0 saturated heterocycles. The topological polar surface area (TPSA) is 26.0 Å². The average Bonchev–Trinajstić information content (AvgIpc) is 1.85. The van der Waals surface area contributed by atoms with Crippen molar-refractivity contribution in [3.05, 3.63) is 24.3 Å². The molecule has 0 spiro atoms. The summed E-state index contributed by atoms with van der Waals surface area (Å²) in [6.07, 6.45) is 5.00. The van der Waals surface area contributed by atoms with Crippen molar-refractivity contribution in [1.82, 2.24) is 0 Å². The molecule has 0 aromatic carbocycles. The van der Waals surface area contributed by atoms with Crippen LogP contribution in [0.25, 0.3) is 0 Å². The summed E-state index contributed by atoms with van der Waals surface area (Å²) < 4.78 is 0. The summed E-state index contributed by atoms with van der Waals surface area (Å²) >= 11 is 0. The maximum absolute atomic E-state index is 5.86. The molecule has 0 aliphatic rings.